The summed E-state index contributed by atoms with van der Waals surface area (Å²) >= 11 is 0.789. The summed E-state index contributed by atoms with van der Waals surface area (Å²) in [7, 11) is 0. The third-order valence-electron chi connectivity index (χ3n) is 5.51. The number of hydrogen-bond donors (Lipinski definition) is 0. The topological polar surface area (TPSA) is 112 Å². The van der Waals surface area contributed by atoms with Gasteiger partial charge >= 0.3 is 5.97 Å². The van der Waals surface area contributed by atoms with Crippen LogP contribution < -0.4 is 0 Å². The summed E-state index contributed by atoms with van der Waals surface area (Å²) in [4.78, 5) is 48.6. The molecule has 1 saturated heterocycles. The molecule has 10 heteroatoms. The van der Waals surface area contributed by atoms with Gasteiger partial charge < -0.3 is 9.30 Å². The second kappa shape index (κ2) is 9.52. The van der Waals surface area contributed by atoms with Crippen molar-refractivity contribution in [1.82, 2.24) is 9.47 Å². The predicted octanol–water partition coefficient (Wildman–Crippen LogP) is 4.51. The Kier molecular flexibility index (Phi) is 6.51. The SMILES string of the molecule is CCOC(=O)CN1C(=O)S/C(=C/c2c(C)n(Cc3ccc([N+](=O)[O-])cc3)c3ccccc23)C1=O. The van der Waals surface area contributed by atoms with Crippen LogP contribution in [0.1, 0.15) is 23.7 Å². The molecule has 0 unspecified atom stereocenters. The normalized spacial score (nSPS) is 14.9. The Morgan fingerprint density at radius 3 is 2.53 bits per heavy atom. The Morgan fingerprint density at radius 2 is 1.85 bits per heavy atom. The molecular formula is C24H21N3O6S. The van der Waals surface area contributed by atoms with E-state index in [1.165, 1.54) is 12.1 Å². The second-order valence-corrected chi connectivity index (χ2v) is 8.59. The first-order chi connectivity index (χ1) is 16.3. The average Bonchev–Trinajstić information content (AvgIpc) is 3.23. The van der Waals surface area contributed by atoms with E-state index in [9.17, 15) is 24.5 Å². The van der Waals surface area contributed by atoms with Crippen LogP contribution in [0.5, 0.6) is 0 Å². The summed E-state index contributed by atoms with van der Waals surface area (Å²) in [6.45, 7) is 3.79. The molecule has 0 bridgehead atoms. The summed E-state index contributed by atoms with van der Waals surface area (Å²) < 4.78 is 6.92. The van der Waals surface area contributed by atoms with E-state index in [2.05, 4.69) is 4.57 Å². The minimum Gasteiger partial charge on any atom is -0.465 e. The molecule has 34 heavy (non-hydrogen) atoms. The quantitative estimate of drug-likeness (QED) is 0.212. The van der Waals surface area contributed by atoms with Gasteiger partial charge in [-0.25, -0.2) is 0 Å². The van der Waals surface area contributed by atoms with Crippen LogP contribution in [0, 0.1) is 17.0 Å². The summed E-state index contributed by atoms with van der Waals surface area (Å²) in [5.41, 5.74) is 3.50. The molecular weight excluding hydrogens is 458 g/mol. The molecule has 174 valence electrons. The van der Waals surface area contributed by atoms with E-state index >= 15 is 0 Å². The van der Waals surface area contributed by atoms with Crippen LogP contribution in [0.4, 0.5) is 10.5 Å². The molecule has 3 aromatic rings. The van der Waals surface area contributed by atoms with Crippen molar-refractivity contribution in [2.45, 2.75) is 20.4 Å². The number of carbonyl (C=O) groups excluding carboxylic acids is 3. The third-order valence-corrected chi connectivity index (χ3v) is 6.42. The number of hydrogen-bond acceptors (Lipinski definition) is 7. The molecule has 1 aliphatic heterocycles. The fraction of sp³-hybridized carbons (Fsp3) is 0.208. The van der Waals surface area contributed by atoms with Gasteiger partial charge in [-0.3, -0.25) is 29.4 Å². The number of non-ortho nitro benzene ring substituents is 1. The lowest BCUT2D eigenvalue weighted by atomic mass is 10.1. The Balaban J connectivity index is 1.69. The summed E-state index contributed by atoms with van der Waals surface area (Å²) in [5, 5.41) is 11.3. The van der Waals surface area contributed by atoms with Crippen molar-refractivity contribution < 1.29 is 24.0 Å². The monoisotopic (exact) mass is 479 g/mol. The van der Waals surface area contributed by atoms with Gasteiger partial charge in [0.05, 0.1) is 16.4 Å². The highest BCUT2D eigenvalue weighted by Gasteiger charge is 2.37. The van der Waals surface area contributed by atoms with Crippen LogP contribution in [0.15, 0.2) is 53.4 Å². The van der Waals surface area contributed by atoms with Crippen molar-refractivity contribution in [2.75, 3.05) is 13.2 Å². The lowest BCUT2D eigenvalue weighted by Gasteiger charge is -2.10. The highest BCUT2D eigenvalue weighted by atomic mass is 32.2. The van der Waals surface area contributed by atoms with Gasteiger partial charge in [-0.1, -0.05) is 30.3 Å². The number of nitro groups is 1. The largest absolute Gasteiger partial charge is 0.465 e. The van der Waals surface area contributed by atoms with Gasteiger partial charge in [-0.15, -0.1) is 0 Å². The summed E-state index contributed by atoms with van der Waals surface area (Å²) in [6.07, 6.45) is 1.68. The van der Waals surface area contributed by atoms with Gasteiger partial charge in [-0.2, -0.15) is 0 Å². The predicted molar refractivity (Wildman–Crippen MR) is 128 cm³/mol. The molecule has 0 atom stereocenters. The highest BCUT2D eigenvalue weighted by Crippen LogP contribution is 2.35. The van der Waals surface area contributed by atoms with E-state index in [0.717, 1.165) is 44.4 Å². The van der Waals surface area contributed by atoms with Gasteiger partial charge in [0.1, 0.15) is 6.54 Å². The Labute approximate surface area is 199 Å². The van der Waals surface area contributed by atoms with Crippen molar-refractivity contribution in [3.05, 3.63) is 80.4 Å². The van der Waals surface area contributed by atoms with Gasteiger partial charge in [0.2, 0.25) is 0 Å². The molecule has 1 fully saturated rings. The van der Waals surface area contributed by atoms with E-state index in [4.69, 9.17) is 4.74 Å². The molecule has 2 amide bonds. The first-order valence-corrected chi connectivity index (χ1v) is 11.3. The highest BCUT2D eigenvalue weighted by molar-refractivity contribution is 8.18. The van der Waals surface area contributed by atoms with Crippen LogP contribution in [0.2, 0.25) is 0 Å². The van der Waals surface area contributed by atoms with E-state index in [0.29, 0.717) is 6.54 Å². The van der Waals surface area contributed by atoms with Gasteiger partial charge in [0.25, 0.3) is 16.8 Å². The lowest BCUT2D eigenvalue weighted by Crippen LogP contribution is -2.34. The molecule has 2 heterocycles. The molecule has 1 aromatic heterocycles. The number of rotatable bonds is 7. The zero-order chi connectivity index (χ0) is 24.4. The zero-order valence-corrected chi connectivity index (χ0v) is 19.3. The van der Waals surface area contributed by atoms with Crippen LogP contribution in [0.25, 0.3) is 17.0 Å². The molecule has 4 rings (SSSR count). The van der Waals surface area contributed by atoms with Crippen molar-refractivity contribution in [3.63, 3.8) is 0 Å². The standard InChI is InChI=1S/C24H21N3O6S/c1-3-33-22(28)14-26-23(29)21(34-24(26)30)12-19-15(2)25(20-7-5-4-6-18(19)20)13-16-8-10-17(11-9-16)27(31)32/h4-12H,3,13-14H2,1-2H3/b21-12+. The lowest BCUT2D eigenvalue weighted by molar-refractivity contribution is -0.384. The molecule has 0 spiro atoms. The number of fused-ring (bicyclic) bond motifs is 1. The van der Waals surface area contributed by atoms with Crippen LogP contribution >= 0.6 is 11.8 Å². The fourth-order valence-corrected chi connectivity index (χ4v) is 4.67. The number of aromatic nitrogens is 1. The Hall–Kier alpha value is -3.92. The number of esters is 1. The number of ether oxygens (including phenoxy) is 1. The van der Waals surface area contributed by atoms with Crippen LogP contribution in [-0.4, -0.2) is 44.7 Å². The van der Waals surface area contributed by atoms with Crippen molar-refractivity contribution in [2.24, 2.45) is 0 Å². The minimum absolute atomic E-state index is 0.0251. The van der Waals surface area contributed by atoms with Crippen molar-refractivity contribution >= 4 is 51.5 Å². The minimum atomic E-state index is -0.637. The van der Waals surface area contributed by atoms with Crippen LogP contribution in [-0.2, 0) is 20.9 Å². The number of amides is 2. The zero-order valence-electron chi connectivity index (χ0n) is 18.5. The molecule has 9 nitrogen and oxygen atoms in total. The molecule has 1 aliphatic rings. The van der Waals surface area contributed by atoms with Crippen LogP contribution in [0.3, 0.4) is 0 Å². The molecule has 0 N–H and O–H groups in total. The number of para-hydroxylation sites is 1. The van der Waals surface area contributed by atoms with Gasteiger partial charge in [0.15, 0.2) is 0 Å². The first-order valence-electron chi connectivity index (χ1n) is 10.5. The fourth-order valence-electron chi connectivity index (χ4n) is 3.85. The molecule has 2 aromatic carbocycles. The maximum absolute atomic E-state index is 12.8. The molecule has 0 radical (unpaired) electrons. The maximum atomic E-state index is 12.8. The van der Waals surface area contributed by atoms with E-state index in [1.807, 2.05) is 31.2 Å². The smallest absolute Gasteiger partial charge is 0.326 e. The van der Waals surface area contributed by atoms with Crippen molar-refractivity contribution in [1.29, 1.82) is 0 Å². The summed E-state index contributed by atoms with van der Waals surface area (Å²) in [5.74, 6) is -1.17. The van der Waals surface area contributed by atoms with E-state index < -0.39 is 28.6 Å². The number of thioether (sulfide) groups is 1. The van der Waals surface area contributed by atoms with Gasteiger partial charge in [0, 0.05) is 40.8 Å². The van der Waals surface area contributed by atoms with E-state index in [1.54, 1.807) is 25.1 Å². The average molecular weight is 480 g/mol. The maximum Gasteiger partial charge on any atom is 0.326 e. The number of benzene rings is 2. The number of nitrogens with zero attached hydrogens (tertiary/aromatic N) is 3. The number of imide groups is 1. The molecule has 0 aliphatic carbocycles. The third kappa shape index (κ3) is 4.44. The Morgan fingerprint density at radius 1 is 1.15 bits per heavy atom. The number of nitro benzene ring substituents is 1. The van der Waals surface area contributed by atoms with Crippen molar-refractivity contribution in [3.8, 4) is 0 Å². The molecule has 0 saturated carbocycles. The second-order valence-electron chi connectivity index (χ2n) is 7.60. The van der Waals surface area contributed by atoms with E-state index in [-0.39, 0.29) is 17.2 Å². The number of carbonyl (C=O) groups is 3. The summed E-state index contributed by atoms with van der Waals surface area (Å²) in [6, 6.07) is 14.1. The Bertz CT molecular complexity index is 1340. The first kappa shape index (κ1) is 23.2. The van der Waals surface area contributed by atoms with Gasteiger partial charge in [-0.05, 0) is 43.3 Å².